The van der Waals surface area contributed by atoms with E-state index in [1.54, 1.807) is 31.3 Å². The number of esters is 1. The standard InChI is InChI=1S/C15H19NO4/c1-11-6-8-12(9-7-11)14(18)15(19)16(2)10-4-5-13(17)20-3/h6-9H,4-5,10H2,1-3H3. The second-order valence-electron chi connectivity index (χ2n) is 4.60. The summed E-state index contributed by atoms with van der Waals surface area (Å²) in [5, 5.41) is 0. The molecule has 0 fully saturated rings. The van der Waals surface area contributed by atoms with E-state index in [-0.39, 0.29) is 12.4 Å². The summed E-state index contributed by atoms with van der Waals surface area (Å²) in [6, 6.07) is 6.85. The molecular formula is C15H19NO4. The lowest BCUT2D eigenvalue weighted by molar-refractivity contribution is -0.141. The molecule has 0 radical (unpaired) electrons. The SMILES string of the molecule is COC(=O)CCCN(C)C(=O)C(=O)c1ccc(C)cc1. The minimum Gasteiger partial charge on any atom is -0.469 e. The Hall–Kier alpha value is -2.17. The Labute approximate surface area is 118 Å². The predicted molar refractivity (Wildman–Crippen MR) is 74.4 cm³/mol. The normalized spacial score (nSPS) is 9.95. The molecular weight excluding hydrogens is 258 g/mol. The van der Waals surface area contributed by atoms with E-state index in [0.29, 0.717) is 18.5 Å². The molecule has 0 spiro atoms. The number of likely N-dealkylation sites (N-methyl/N-ethyl adjacent to an activating group) is 1. The van der Waals surface area contributed by atoms with Crippen molar-refractivity contribution in [2.75, 3.05) is 20.7 Å². The first-order valence-corrected chi connectivity index (χ1v) is 6.39. The molecule has 0 saturated carbocycles. The number of ketones is 1. The third-order valence-corrected chi connectivity index (χ3v) is 2.96. The van der Waals surface area contributed by atoms with E-state index in [1.807, 2.05) is 6.92 Å². The van der Waals surface area contributed by atoms with Gasteiger partial charge < -0.3 is 9.64 Å². The van der Waals surface area contributed by atoms with Crippen molar-refractivity contribution in [2.24, 2.45) is 0 Å². The van der Waals surface area contributed by atoms with Crippen LogP contribution in [0.3, 0.4) is 0 Å². The maximum absolute atomic E-state index is 12.0. The number of Topliss-reactive ketones (excluding diaryl/α,β-unsaturated/α-hetero) is 1. The molecule has 1 aromatic rings. The first-order valence-electron chi connectivity index (χ1n) is 6.39. The van der Waals surface area contributed by atoms with E-state index in [2.05, 4.69) is 4.74 Å². The molecule has 108 valence electrons. The molecule has 0 heterocycles. The molecule has 0 unspecified atom stereocenters. The fraction of sp³-hybridized carbons (Fsp3) is 0.400. The highest BCUT2D eigenvalue weighted by Crippen LogP contribution is 2.06. The van der Waals surface area contributed by atoms with Gasteiger partial charge in [-0.1, -0.05) is 29.8 Å². The van der Waals surface area contributed by atoms with Crippen molar-refractivity contribution in [3.8, 4) is 0 Å². The number of carbonyl (C=O) groups is 3. The van der Waals surface area contributed by atoms with Crippen LogP contribution in [0.15, 0.2) is 24.3 Å². The first-order chi connectivity index (χ1) is 9.45. The smallest absolute Gasteiger partial charge is 0.305 e. The molecule has 0 aliphatic rings. The lowest BCUT2D eigenvalue weighted by atomic mass is 10.1. The van der Waals surface area contributed by atoms with E-state index in [1.165, 1.54) is 12.0 Å². The van der Waals surface area contributed by atoms with Crippen molar-refractivity contribution in [3.63, 3.8) is 0 Å². The Morgan fingerprint density at radius 3 is 2.30 bits per heavy atom. The molecule has 0 N–H and O–H groups in total. The zero-order valence-electron chi connectivity index (χ0n) is 12.0. The van der Waals surface area contributed by atoms with Gasteiger partial charge in [0.1, 0.15) is 0 Å². The number of hydrogen-bond donors (Lipinski definition) is 0. The van der Waals surface area contributed by atoms with Crippen molar-refractivity contribution < 1.29 is 19.1 Å². The van der Waals surface area contributed by atoms with Crippen LogP contribution in [0.2, 0.25) is 0 Å². The van der Waals surface area contributed by atoms with Gasteiger partial charge in [0.25, 0.3) is 5.91 Å². The minimum atomic E-state index is -0.571. The molecule has 0 bridgehead atoms. The second kappa shape index (κ2) is 7.43. The number of methoxy groups -OCH3 is 1. The van der Waals surface area contributed by atoms with Crippen molar-refractivity contribution in [3.05, 3.63) is 35.4 Å². The van der Waals surface area contributed by atoms with Crippen LogP contribution >= 0.6 is 0 Å². The monoisotopic (exact) mass is 277 g/mol. The number of amides is 1. The van der Waals surface area contributed by atoms with Crippen LogP contribution in [0.4, 0.5) is 0 Å². The molecule has 5 heteroatoms. The van der Waals surface area contributed by atoms with Crippen LogP contribution in [-0.2, 0) is 14.3 Å². The van der Waals surface area contributed by atoms with Crippen molar-refractivity contribution in [1.29, 1.82) is 0 Å². The molecule has 0 atom stereocenters. The lowest BCUT2D eigenvalue weighted by Crippen LogP contribution is -2.34. The lowest BCUT2D eigenvalue weighted by Gasteiger charge is -2.15. The van der Waals surface area contributed by atoms with Gasteiger partial charge in [-0.3, -0.25) is 14.4 Å². The number of hydrogen-bond acceptors (Lipinski definition) is 4. The predicted octanol–water partition coefficient (Wildman–Crippen LogP) is 1.59. The van der Waals surface area contributed by atoms with E-state index in [0.717, 1.165) is 5.56 Å². The fourth-order valence-electron chi connectivity index (χ4n) is 1.67. The van der Waals surface area contributed by atoms with Gasteiger partial charge in [-0.25, -0.2) is 0 Å². The maximum Gasteiger partial charge on any atom is 0.305 e. The third-order valence-electron chi connectivity index (χ3n) is 2.96. The average molecular weight is 277 g/mol. The summed E-state index contributed by atoms with van der Waals surface area (Å²) in [5.41, 5.74) is 1.40. The number of ether oxygens (including phenoxy) is 1. The summed E-state index contributed by atoms with van der Waals surface area (Å²) in [4.78, 5) is 36.2. The fourth-order valence-corrected chi connectivity index (χ4v) is 1.67. The summed E-state index contributed by atoms with van der Waals surface area (Å²) in [7, 11) is 2.86. The van der Waals surface area contributed by atoms with E-state index >= 15 is 0 Å². The zero-order valence-corrected chi connectivity index (χ0v) is 12.0. The third kappa shape index (κ3) is 4.50. The second-order valence-corrected chi connectivity index (χ2v) is 4.60. The Kier molecular flexibility index (Phi) is 5.90. The molecule has 1 amide bonds. The molecule has 1 aromatic carbocycles. The zero-order chi connectivity index (χ0) is 15.1. The Morgan fingerprint density at radius 1 is 1.15 bits per heavy atom. The van der Waals surface area contributed by atoms with Gasteiger partial charge in [0.15, 0.2) is 0 Å². The minimum absolute atomic E-state index is 0.229. The number of benzene rings is 1. The van der Waals surface area contributed by atoms with Crippen LogP contribution < -0.4 is 0 Å². The maximum atomic E-state index is 12.0. The van der Waals surface area contributed by atoms with Crippen molar-refractivity contribution >= 4 is 17.7 Å². The molecule has 1 rings (SSSR count). The summed E-state index contributed by atoms with van der Waals surface area (Å²) in [5.74, 6) is -1.43. The summed E-state index contributed by atoms with van der Waals surface area (Å²) in [6.07, 6.45) is 0.697. The van der Waals surface area contributed by atoms with E-state index in [9.17, 15) is 14.4 Å². The highest BCUT2D eigenvalue weighted by Gasteiger charge is 2.20. The highest BCUT2D eigenvalue weighted by molar-refractivity contribution is 6.42. The largest absolute Gasteiger partial charge is 0.469 e. The van der Waals surface area contributed by atoms with Crippen LogP contribution in [0.5, 0.6) is 0 Å². The van der Waals surface area contributed by atoms with Crippen LogP contribution in [-0.4, -0.2) is 43.3 Å². The van der Waals surface area contributed by atoms with Crippen LogP contribution in [0.1, 0.15) is 28.8 Å². The summed E-state index contributed by atoms with van der Waals surface area (Å²) in [6.45, 7) is 2.25. The average Bonchev–Trinajstić information content (AvgIpc) is 2.46. The van der Waals surface area contributed by atoms with Gasteiger partial charge in [-0.15, -0.1) is 0 Å². The van der Waals surface area contributed by atoms with Crippen molar-refractivity contribution in [2.45, 2.75) is 19.8 Å². The topological polar surface area (TPSA) is 63.7 Å². The van der Waals surface area contributed by atoms with Gasteiger partial charge in [-0.2, -0.15) is 0 Å². The van der Waals surface area contributed by atoms with E-state index < -0.39 is 11.7 Å². The molecule has 5 nitrogen and oxygen atoms in total. The Balaban J connectivity index is 2.53. The molecule has 0 saturated heterocycles. The van der Waals surface area contributed by atoms with Gasteiger partial charge >= 0.3 is 5.97 Å². The van der Waals surface area contributed by atoms with Crippen molar-refractivity contribution in [1.82, 2.24) is 4.90 Å². The number of rotatable bonds is 6. The van der Waals surface area contributed by atoms with Gasteiger partial charge in [-0.05, 0) is 13.3 Å². The van der Waals surface area contributed by atoms with Crippen LogP contribution in [0, 0.1) is 6.92 Å². The molecule has 20 heavy (non-hydrogen) atoms. The first kappa shape index (κ1) is 15.9. The number of aryl methyl sites for hydroxylation is 1. The molecule has 0 aliphatic carbocycles. The number of carbonyl (C=O) groups excluding carboxylic acids is 3. The van der Waals surface area contributed by atoms with E-state index in [4.69, 9.17) is 0 Å². The molecule has 0 aliphatic heterocycles. The molecule has 0 aromatic heterocycles. The summed E-state index contributed by atoms with van der Waals surface area (Å²) >= 11 is 0. The van der Waals surface area contributed by atoms with Crippen LogP contribution in [0.25, 0.3) is 0 Å². The Morgan fingerprint density at radius 2 is 1.75 bits per heavy atom. The van der Waals surface area contributed by atoms with Gasteiger partial charge in [0, 0.05) is 25.6 Å². The Bertz CT molecular complexity index is 493. The summed E-state index contributed by atoms with van der Waals surface area (Å²) < 4.78 is 4.51. The van der Waals surface area contributed by atoms with Gasteiger partial charge in [0.05, 0.1) is 7.11 Å². The highest BCUT2D eigenvalue weighted by atomic mass is 16.5. The van der Waals surface area contributed by atoms with Gasteiger partial charge in [0.2, 0.25) is 5.78 Å². The number of nitrogens with zero attached hydrogens (tertiary/aromatic N) is 1. The quantitative estimate of drug-likeness (QED) is 0.450.